The van der Waals surface area contributed by atoms with Gasteiger partial charge in [0.25, 0.3) is 0 Å². The molecule has 0 amide bonds. The van der Waals surface area contributed by atoms with E-state index in [9.17, 15) is 8.78 Å². The van der Waals surface area contributed by atoms with Crippen LogP contribution in [0, 0.1) is 11.6 Å². The van der Waals surface area contributed by atoms with E-state index in [0.717, 1.165) is 22.5 Å². The molecule has 0 aliphatic heterocycles. The fraction of sp³-hybridized carbons (Fsp3) is 0.0800. The molecule has 0 aliphatic carbocycles. The minimum Gasteiger partial charge on any atom is -0.467 e. The van der Waals surface area contributed by atoms with E-state index < -0.39 is 0 Å². The second-order valence-corrected chi connectivity index (χ2v) is 8.39. The molecule has 3 heterocycles. The smallest absolute Gasteiger partial charge is 0.192 e. The SMILES string of the molecule is Fc1ccc(C(Sc2nnc(-c3cccnc3)n2Cc2ccco2)c2ccc(F)cc2)cc1. The molecule has 0 saturated carbocycles. The molecule has 0 atom stereocenters. The minimum absolute atomic E-state index is 0.257. The Morgan fingerprint density at radius 3 is 2.12 bits per heavy atom. The number of hydrogen-bond donors (Lipinski definition) is 0. The second-order valence-electron chi connectivity index (χ2n) is 7.31. The van der Waals surface area contributed by atoms with E-state index in [1.807, 2.05) is 28.8 Å². The largest absolute Gasteiger partial charge is 0.467 e. The lowest BCUT2D eigenvalue weighted by molar-refractivity contribution is 0.485. The summed E-state index contributed by atoms with van der Waals surface area (Å²) in [6.45, 7) is 0.423. The molecule has 0 radical (unpaired) electrons. The van der Waals surface area contributed by atoms with E-state index in [1.54, 1.807) is 42.9 Å². The maximum absolute atomic E-state index is 13.6. The number of furan rings is 1. The molecule has 5 rings (SSSR count). The minimum atomic E-state index is -0.318. The summed E-state index contributed by atoms with van der Waals surface area (Å²) in [5.74, 6) is 0.767. The molecule has 5 nitrogen and oxygen atoms in total. The van der Waals surface area contributed by atoms with Gasteiger partial charge in [0.1, 0.15) is 17.4 Å². The van der Waals surface area contributed by atoms with Gasteiger partial charge in [-0.2, -0.15) is 0 Å². The summed E-state index contributed by atoms with van der Waals surface area (Å²) in [4.78, 5) is 4.20. The Hall–Kier alpha value is -3.78. The third kappa shape index (κ3) is 4.70. The highest BCUT2D eigenvalue weighted by Crippen LogP contribution is 2.41. The third-order valence-corrected chi connectivity index (χ3v) is 6.39. The fourth-order valence-electron chi connectivity index (χ4n) is 3.49. The van der Waals surface area contributed by atoms with Crippen LogP contribution in [-0.4, -0.2) is 19.7 Å². The molecule has 5 aromatic rings. The van der Waals surface area contributed by atoms with Crippen molar-refractivity contribution in [1.82, 2.24) is 19.7 Å². The van der Waals surface area contributed by atoms with Gasteiger partial charge in [0, 0.05) is 18.0 Å². The molecule has 33 heavy (non-hydrogen) atoms. The van der Waals surface area contributed by atoms with Gasteiger partial charge in [0.05, 0.1) is 18.1 Å². The zero-order valence-corrected chi connectivity index (χ0v) is 18.1. The average molecular weight is 461 g/mol. The summed E-state index contributed by atoms with van der Waals surface area (Å²) in [6.07, 6.45) is 5.05. The predicted molar refractivity (Wildman–Crippen MR) is 122 cm³/mol. The van der Waals surface area contributed by atoms with Crippen LogP contribution in [0.4, 0.5) is 8.78 Å². The van der Waals surface area contributed by atoms with E-state index in [1.165, 1.54) is 36.0 Å². The van der Waals surface area contributed by atoms with E-state index >= 15 is 0 Å². The van der Waals surface area contributed by atoms with E-state index in [2.05, 4.69) is 15.2 Å². The van der Waals surface area contributed by atoms with Crippen molar-refractivity contribution in [3.05, 3.63) is 120 Å². The molecule has 0 saturated heterocycles. The van der Waals surface area contributed by atoms with Crippen LogP contribution in [0.15, 0.2) is 101 Å². The highest BCUT2D eigenvalue weighted by atomic mass is 32.2. The van der Waals surface area contributed by atoms with Gasteiger partial charge >= 0.3 is 0 Å². The quantitative estimate of drug-likeness (QED) is 0.273. The van der Waals surface area contributed by atoms with Crippen molar-refractivity contribution < 1.29 is 13.2 Å². The Labute approximate surface area is 193 Å². The number of rotatable bonds is 7. The Morgan fingerprint density at radius 1 is 0.848 bits per heavy atom. The molecule has 3 aromatic heterocycles. The van der Waals surface area contributed by atoms with Gasteiger partial charge < -0.3 is 4.42 Å². The van der Waals surface area contributed by atoms with Crippen molar-refractivity contribution in [2.24, 2.45) is 0 Å². The van der Waals surface area contributed by atoms with Crippen molar-refractivity contribution in [2.45, 2.75) is 17.0 Å². The first-order valence-corrected chi connectivity index (χ1v) is 11.1. The number of halogens is 2. The Bertz CT molecular complexity index is 1280. The van der Waals surface area contributed by atoms with Gasteiger partial charge in [-0.1, -0.05) is 36.0 Å². The van der Waals surface area contributed by atoms with E-state index in [-0.39, 0.29) is 16.9 Å². The maximum atomic E-state index is 13.6. The monoisotopic (exact) mass is 460 g/mol. The number of aromatic nitrogens is 4. The van der Waals surface area contributed by atoms with Crippen LogP contribution in [0.1, 0.15) is 22.1 Å². The number of nitrogens with zero attached hydrogens (tertiary/aromatic N) is 4. The topological polar surface area (TPSA) is 56.7 Å². The van der Waals surface area contributed by atoms with E-state index in [0.29, 0.717) is 17.5 Å². The van der Waals surface area contributed by atoms with Crippen LogP contribution >= 0.6 is 11.8 Å². The summed E-state index contributed by atoms with van der Waals surface area (Å²) in [7, 11) is 0. The van der Waals surface area contributed by atoms with Crippen molar-refractivity contribution in [3.63, 3.8) is 0 Å². The first-order chi connectivity index (χ1) is 16.2. The Kier molecular flexibility index (Phi) is 5.99. The summed E-state index contributed by atoms with van der Waals surface area (Å²) in [5, 5.41) is 9.27. The van der Waals surface area contributed by atoms with Gasteiger partial charge in [-0.15, -0.1) is 10.2 Å². The Morgan fingerprint density at radius 2 is 1.55 bits per heavy atom. The van der Waals surface area contributed by atoms with Crippen molar-refractivity contribution >= 4 is 11.8 Å². The standard InChI is InChI=1S/C25H18F2N4OS/c26-20-9-5-17(6-10-20)23(18-7-11-21(27)12-8-18)33-25-30-29-24(19-3-1-13-28-15-19)31(25)16-22-4-2-14-32-22/h1-15,23H,16H2. The summed E-state index contributed by atoms with van der Waals surface area (Å²) >= 11 is 1.45. The van der Waals surface area contributed by atoms with Gasteiger partial charge in [-0.05, 0) is 59.7 Å². The lowest BCUT2D eigenvalue weighted by atomic mass is 10.0. The molecule has 0 aliphatic rings. The molecule has 0 unspecified atom stereocenters. The van der Waals surface area contributed by atoms with Crippen LogP contribution in [0.25, 0.3) is 11.4 Å². The lowest BCUT2D eigenvalue weighted by Gasteiger charge is -2.18. The molecule has 8 heteroatoms. The summed E-state index contributed by atoms with van der Waals surface area (Å²) < 4.78 is 34.7. The van der Waals surface area contributed by atoms with Crippen LogP contribution in [0.3, 0.4) is 0 Å². The van der Waals surface area contributed by atoms with Gasteiger partial charge in [-0.3, -0.25) is 9.55 Å². The van der Waals surface area contributed by atoms with Gasteiger partial charge in [0.2, 0.25) is 0 Å². The first kappa shape index (κ1) is 21.1. The number of thioether (sulfide) groups is 1. The normalized spacial score (nSPS) is 11.2. The number of benzene rings is 2. The molecule has 0 spiro atoms. The summed E-state index contributed by atoms with van der Waals surface area (Å²) in [5.41, 5.74) is 2.55. The van der Waals surface area contributed by atoms with Crippen molar-refractivity contribution in [1.29, 1.82) is 0 Å². The van der Waals surface area contributed by atoms with Crippen LogP contribution in [0.5, 0.6) is 0 Å². The molecular formula is C25H18F2N4OS. The Balaban J connectivity index is 1.58. The molecular weight excluding hydrogens is 442 g/mol. The maximum Gasteiger partial charge on any atom is 0.192 e. The third-order valence-electron chi connectivity index (χ3n) is 5.10. The molecule has 0 N–H and O–H groups in total. The average Bonchev–Trinajstić information content (AvgIpc) is 3.50. The van der Waals surface area contributed by atoms with Crippen molar-refractivity contribution in [2.75, 3.05) is 0 Å². The first-order valence-electron chi connectivity index (χ1n) is 10.2. The summed E-state index contributed by atoms with van der Waals surface area (Å²) in [6, 6.07) is 20.1. The zero-order valence-electron chi connectivity index (χ0n) is 17.3. The number of pyridine rings is 1. The van der Waals surface area contributed by atoms with Crippen LogP contribution in [-0.2, 0) is 6.54 Å². The highest BCUT2D eigenvalue weighted by Gasteiger charge is 2.23. The zero-order chi connectivity index (χ0) is 22.6. The molecule has 164 valence electrons. The lowest BCUT2D eigenvalue weighted by Crippen LogP contribution is -2.06. The molecule has 0 fully saturated rings. The predicted octanol–water partition coefficient (Wildman–Crippen LogP) is 6.14. The number of hydrogen-bond acceptors (Lipinski definition) is 5. The highest BCUT2D eigenvalue weighted by molar-refractivity contribution is 7.99. The van der Waals surface area contributed by atoms with Crippen LogP contribution < -0.4 is 0 Å². The van der Waals surface area contributed by atoms with Crippen LogP contribution in [0.2, 0.25) is 0 Å². The van der Waals surface area contributed by atoms with E-state index in [4.69, 9.17) is 4.42 Å². The van der Waals surface area contributed by atoms with Gasteiger partial charge in [-0.25, -0.2) is 8.78 Å². The van der Waals surface area contributed by atoms with Crippen molar-refractivity contribution in [3.8, 4) is 11.4 Å². The fourth-order valence-corrected chi connectivity index (χ4v) is 4.66. The van der Waals surface area contributed by atoms with Gasteiger partial charge in [0.15, 0.2) is 11.0 Å². The molecule has 2 aromatic carbocycles. The second kappa shape index (κ2) is 9.38. The molecule has 0 bridgehead atoms.